The van der Waals surface area contributed by atoms with Crippen molar-refractivity contribution in [1.82, 2.24) is 25.0 Å². The molecule has 0 aliphatic rings. The van der Waals surface area contributed by atoms with Crippen molar-refractivity contribution in [2.45, 2.75) is 13.8 Å². The molecule has 0 fully saturated rings. The Morgan fingerprint density at radius 3 is 2.36 bits per heavy atom. The van der Waals surface area contributed by atoms with E-state index in [1.807, 2.05) is 4.98 Å². The molecule has 0 unspecified atom stereocenters. The number of aromatic nitrogens is 5. The summed E-state index contributed by atoms with van der Waals surface area (Å²) in [6, 6.07) is 4.20. The van der Waals surface area contributed by atoms with Crippen LogP contribution in [0.3, 0.4) is 0 Å². The number of aromatic amines is 2. The van der Waals surface area contributed by atoms with Gasteiger partial charge in [0.15, 0.2) is 5.75 Å². The monoisotopic (exact) mass is 420 g/mol. The van der Waals surface area contributed by atoms with Gasteiger partial charge in [-0.05, 0) is 26.0 Å². The molecule has 0 aliphatic heterocycles. The Morgan fingerprint density at radius 2 is 1.75 bits per heavy atom. The summed E-state index contributed by atoms with van der Waals surface area (Å²) >= 11 is 12.5. The van der Waals surface area contributed by atoms with E-state index in [1.165, 1.54) is 12.1 Å². The van der Waals surface area contributed by atoms with Gasteiger partial charge >= 0.3 is 5.69 Å². The third kappa shape index (κ3) is 3.40. The van der Waals surface area contributed by atoms with Gasteiger partial charge in [-0.3, -0.25) is 14.6 Å². The largest absolute Gasteiger partial charge is 0.434 e. The fourth-order valence-electron chi connectivity index (χ4n) is 2.21. The van der Waals surface area contributed by atoms with Gasteiger partial charge in [-0.25, -0.2) is 9.89 Å². The lowest BCUT2D eigenvalue weighted by atomic mass is 10.2. The van der Waals surface area contributed by atoms with Crippen molar-refractivity contribution in [2.75, 3.05) is 0 Å². The molecule has 2 aromatic heterocycles. The van der Waals surface area contributed by atoms with Crippen molar-refractivity contribution in [3.8, 4) is 23.4 Å². The van der Waals surface area contributed by atoms with E-state index >= 15 is 0 Å². The molecule has 3 rings (SSSR count). The van der Waals surface area contributed by atoms with Crippen molar-refractivity contribution in [2.24, 2.45) is 0 Å². The van der Waals surface area contributed by atoms with E-state index in [-0.39, 0.29) is 32.9 Å². The molecule has 2 heterocycles. The van der Waals surface area contributed by atoms with Gasteiger partial charge in [-0.15, -0.1) is 10.2 Å². The molecular weight excluding hydrogens is 411 g/mol. The predicted molar refractivity (Wildman–Crippen MR) is 99.6 cm³/mol. The van der Waals surface area contributed by atoms with Crippen molar-refractivity contribution in [1.29, 1.82) is 5.26 Å². The number of hydrogen-bond acceptors (Lipinski definition) is 7. The van der Waals surface area contributed by atoms with Crippen LogP contribution in [0, 0.1) is 25.2 Å². The quantitative estimate of drug-likeness (QED) is 0.653. The van der Waals surface area contributed by atoms with Crippen molar-refractivity contribution >= 4 is 23.2 Å². The number of nitrogens with one attached hydrogen (secondary N) is 2. The van der Waals surface area contributed by atoms with Crippen molar-refractivity contribution in [3.05, 3.63) is 70.2 Å². The highest BCUT2D eigenvalue weighted by Crippen LogP contribution is 2.38. The first kappa shape index (κ1) is 19.3. The lowest BCUT2D eigenvalue weighted by Gasteiger charge is -2.13. The number of nitrogens with zero attached hydrogens (tertiary/aromatic N) is 4. The van der Waals surface area contributed by atoms with Gasteiger partial charge in [0.1, 0.15) is 6.07 Å². The third-order valence-electron chi connectivity index (χ3n) is 3.84. The summed E-state index contributed by atoms with van der Waals surface area (Å²) in [5, 5.41) is 18.7. The van der Waals surface area contributed by atoms with Crippen molar-refractivity contribution in [3.63, 3.8) is 0 Å². The number of H-pyrrole nitrogens is 2. The first-order chi connectivity index (χ1) is 13.2. The minimum Gasteiger partial charge on any atom is -0.434 e. The van der Waals surface area contributed by atoms with Gasteiger partial charge in [-0.1, -0.05) is 23.2 Å². The summed E-state index contributed by atoms with van der Waals surface area (Å²) in [5.74, 6) is 0.131. The fourth-order valence-corrected chi connectivity index (χ4v) is 2.76. The van der Waals surface area contributed by atoms with Crippen LogP contribution in [0.2, 0.25) is 10.0 Å². The molecule has 0 saturated carbocycles. The zero-order chi connectivity index (χ0) is 20.6. The van der Waals surface area contributed by atoms with Crippen LogP contribution in [0.25, 0.3) is 5.69 Å². The Balaban J connectivity index is 2.10. The van der Waals surface area contributed by atoms with Crippen LogP contribution in [0.5, 0.6) is 11.6 Å². The Morgan fingerprint density at radius 1 is 1.11 bits per heavy atom. The van der Waals surface area contributed by atoms with E-state index in [2.05, 4.69) is 15.3 Å². The van der Waals surface area contributed by atoms with Crippen LogP contribution < -0.4 is 21.5 Å². The van der Waals surface area contributed by atoms with E-state index in [0.717, 1.165) is 4.68 Å². The van der Waals surface area contributed by atoms with Crippen LogP contribution in [0.15, 0.2) is 26.5 Å². The summed E-state index contributed by atoms with van der Waals surface area (Å²) in [5.41, 5.74) is -1.62. The zero-order valence-corrected chi connectivity index (χ0v) is 15.8. The van der Waals surface area contributed by atoms with Gasteiger partial charge in [0.25, 0.3) is 11.1 Å². The summed E-state index contributed by atoms with van der Waals surface area (Å²) in [6.07, 6.45) is 0. The number of rotatable bonds is 3. The maximum atomic E-state index is 12.0. The molecule has 3 aromatic rings. The average molecular weight is 421 g/mol. The first-order valence-corrected chi connectivity index (χ1v) is 8.35. The van der Waals surface area contributed by atoms with Gasteiger partial charge in [0.2, 0.25) is 11.6 Å². The van der Waals surface area contributed by atoms with Gasteiger partial charge in [-0.2, -0.15) is 9.94 Å². The topological polar surface area (TPSA) is 147 Å². The molecule has 0 atom stereocenters. The van der Waals surface area contributed by atoms with E-state index in [4.69, 9.17) is 33.2 Å². The standard InChI is InChI=1S/C16H10Cl2N6O4/c1-6-7(2)15(22-21-13(6)25)28-12-9(17)3-8(4-10(12)18)24-16(27)20-14(26)11(5-19)23-24/h3-4H,1-2H3,(H,21,25)(H,20,26,27). The normalized spacial score (nSPS) is 10.5. The molecule has 142 valence electrons. The van der Waals surface area contributed by atoms with Gasteiger partial charge in [0, 0.05) is 11.1 Å². The van der Waals surface area contributed by atoms with E-state index in [0.29, 0.717) is 11.1 Å². The molecule has 0 radical (unpaired) electrons. The minimum atomic E-state index is -0.907. The molecule has 10 nitrogen and oxygen atoms in total. The lowest BCUT2D eigenvalue weighted by Crippen LogP contribution is -2.33. The van der Waals surface area contributed by atoms with E-state index in [1.54, 1.807) is 19.9 Å². The van der Waals surface area contributed by atoms with Crippen LogP contribution in [0.1, 0.15) is 16.8 Å². The second-order valence-corrected chi connectivity index (χ2v) is 6.39. The molecule has 0 saturated heterocycles. The number of ether oxygens (including phenoxy) is 1. The maximum Gasteiger partial charge on any atom is 0.349 e. The van der Waals surface area contributed by atoms with Crippen LogP contribution >= 0.6 is 23.2 Å². The summed E-state index contributed by atoms with van der Waals surface area (Å²) in [6.45, 7) is 3.26. The smallest absolute Gasteiger partial charge is 0.349 e. The van der Waals surface area contributed by atoms with Crippen LogP contribution in [-0.4, -0.2) is 25.0 Å². The highest BCUT2D eigenvalue weighted by atomic mass is 35.5. The second-order valence-electron chi connectivity index (χ2n) is 5.58. The van der Waals surface area contributed by atoms with Gasteiger partial charge in [0.05, 0.1) is 15.7 Å². The summed E-state index contributed by atoms with van der Waals surface area (Å²) in [7, 11) is 0. The number of benzene rings is 1. The Kier molecular flexibility index (Phi) is 5.04. The molecule has 1 aromatic carbocycles. The SMILES string of the molecule is Cc1c(Oc2c(Cl)cc(-n3nc(C#N)c(=O)[nH]c3=O)cc2Cl)n[nH]c(=O)c1C. The fraction of sp³-hybridized carbons (Fsp3) is 0.125. The number of nitriles is 1. The Bertz CT molecular complexity index is 1300. The van der Waals surface area contributed by atoms with Crippen LogP contribution in [-0.2, 0) is 0 Å². The van der Waals surface area contributed by atoms with Gasteiger partial charge < -0.3 is 4.74 Å². The highest BCUT2D eigenvalue weighted by molar-refractivity contribution is 6.37. The molecule has 0 amide bonds. The summed E-state index contributed by atoms with van der Waals surface area (Å²) < 4.78 is 6.40. The lowest BCUT2D eigenvalue weighted by molar-refractivity contribution is 0.449. The molecule has 0 spiro atoms. The zero-order valence-electron chi connectivity index (χ0n) is 14.3. The highest BCUT2D eigenvalue weighted by Gasteiger charge is 2.17. The molecule has 28 heavy (non-hydrogen) atoms. The maximum absolute atomic E-state index is 12.0. The second kappa shape index (κ2) is 7.30. The summed E-state index contributed by atoms with van der Waals surface area (Å²) in [4.78, 5) is 37.0. The first-order valence-electron chi connectivity index (χ1n) is 7.59. The number of halogens is 2. The van der Waals surface area contributed by atoms with E-state index < -0.39 is 16.9 Å². The minimum absolute atomic E-state index is 0.00552. The number of hydrogen-bond donors (Lipinski definition) is 2. The molecule has 0 aliphatic carbocycles. The third-order valence-corrected chi connectivity index (χ3v) is 4.40. The van der Waals surface area contributed by atoms with Crippen molar-refractivity contribution < 1.29 is 4.74 Å². The Hall–Kier alpha value is -3.42. The predicted octanol–water partition coefficient (Wildman–Crippen LogP) is 1.59. The molecule has 2 N–H and O–H groups in total. The Labute approximate surface area is 165 Å². The average Bonchev–Trinajstić information content (AvgIpc) is 2.64. The molecule has 12 heteroatoms. The van der Waals surface area contributed by atoms with Crippen LogP contribution in [0.4, 0.5) is 0 Å². The molecule has 0 bridgehead atoms. The molecular formula is C16H10Cl2N6O4. The van der Waals surface area contributed by atoms with E-state index in [9.17, 15) is 14.4 Å².